The summed E-state index contributed by atoms with van der Waals surface area (Å²) in [7, 11) is 1.55. The van der Waals surface area contributed by atoms with Gasteiger partial charge in [-0.2, -0.15) is 0 Å². The van der Waals surface area contributed by atoms with Crippen LogP contribution in [0, 0.1) is 12.7 Å². The smallest absolute Gasteiger partial charge is 0.339 e. The van der Waals surface area contributed by atoms with E-state index in [1.54, 1.807) is 44.4 Å². The summed E-state index contributed by atoms with van der Waals surface area (Å²) in [4.78, 5) is 24.4. The van der Waals surface area contributed by atoms with Crippen molar-refractivity contribution in [3.05, 3.63) is 71.5 Å². The van der Waals surface area contributed by atoms with Gasteiger partial charge in [-0.15, -0.1) is 0 Å². The average Bonchev–Trinajstić information content (AvgIpc) is 2.67. The molecule has 3 rings (SSSR count). The first-order valence-electron chi connectivity index (χ1n) is 8.28. The maximum absolute atomic E-state index is 13.8. The maximum Gasteiger partial charge on any atom is 0.339 e. The van der Waals surface area contributed by atoms with Crippen molar-refractivity contribution in [1.29, 1.82) is 0 Å². The summed E-state index contributed by atoms with van der Waals surface area (Å²) in [5.41, 5.74) is 1.10. The number of carbonyl (C=O) groups is 2. The van der Waals surface area contributed by atoms with E-state index < -0.39 is 24.3 Å². The van der Waals surface area contributed by atoms with Gasteiger partial charge < -0.3 is 14.8 Å². The van der Waals surface area contributed by atoms with Crippen molar-refractivity contribution in [3.8, 4) is 5.75 Å². The Morgan fingerprint density at radius 2 is 1.78 bits per heavy atom. The molecule has 0 spiro atoms. The SMILES string of the molecule is COc1ccc(C(=O)OCC(=O)Nc2ccc(C)cc2F)c2ccccc12. The number of nitrogens with one attached hydrogen (secondary N) is 1. The Hall–Kier alpha value is -3.41. The van der Waals surface area contributed by atoms with Gasteiger partial charge in [0.1, 0.15) is 11.6 Å². The minimum absolute atomic E-state index is 0.0385. The second-order valence-electron chi connectivity index (χ2n) is 5.97. The predicted molar refractivity (Wildman–Crippen MR) is 101 cm³/mol. The van der Waals surface area contributed by atoms with Crippen LogP contribution in [0.4, 0.5) is 10.1 Å². The van der Waals surface area contributed by atoms with Crippen LogP contribution in [0.25, 0.3) is 10.8 Å². The van der Waals surface area contributed by atoms with Crippen molar-refractivity contribution in [3.63, 3.8) is 0 Å². The molecule has 3 aromatic carbocycles. The molecule has 0 unspecified atom stereocenters. The minimum atomic E-state index is -0.645. The lowest BCUT2D eigenvalue weighted by Crippen LogP contribution is -2.21. The van der Waals surface area contributed by atoms with Gasteiger partial charge in [-0.1, -0.05) is 30.3 Å². The van der Waals surface area contributed by atoms with Gasteiger partial charge in [-0.25, -0.2) is 9.18 Å². The van der Waals surface area contributed by atoms with Gasteiger partial charge in [-0.3, -0.25) is 4.79 Å². The lowest BCUT2D eigenvalue weighted by molar-refractivity contribution is -0.119. The summed E-state index contributed by atoms with van der Waals surface area (Å²) in [6, 6.07) is 14.9. The lowest BCUT2D eigenvalue weighted by Gasteiger charge is -2.11. The molecule has 0 fully saturated rings. The van der Waals surface area contributed by atoms with E-state index in [9.17, 15) is 14.0 Å². The molecule has 5 nitrogen and oxygen atoms in total. The Kier molecular flexibility index (Phi) is 5.35. The highest BCUT2D eigenvalue weighted by Gasteiger charge is 2.16. The van der Waals surface area contributed by atoms with Crippen molar-refractivity contribution in [2.75, 3.05) is 19.0 Å². The first-order valence-corrected chi connectivity index (χ1v) is 8.28. The second-order valence-corrected chi connectivity index (χ2v) is 5.97. The second kappa shape index (κ2) is 7.86. The van der Waals surface area contributed by atoms with Gasteiger partial charge in [-0.05, 0) is 42.1 Å². The van der Waals surface area contributed by atoms with E-state index in [1.807, 2.05) is 12.1 Å². The minimum Gasteiger partial charge on any atom is -0.496 e. The number of hydrogen-bond donors (Lipinski definition) is 1. The molecule has 0 aliphatic carbocycles. The molecular formula is C21H18FNO4. The van der Waals surface area contributed by atoms with E-state index in [0.717, 1.165) is 10.9 Å². The molecule has 1 amide bonds. The Labute approximate surface area is 155 Å². The molecule has 0 saturated carbocycles. The number of benzene rings is 3. The van der Waals surface area contributed by atoms with Crippen molar-refractivity contribution in [2.24, 2.45) is 0 Å². The van der Waals surface area contributed by atoms with Crippen molar-refractivity contribution < 1.29 is 23.5 Å². The summed E-state index contributed by atoms with van der Waals surface area (Å²) in [5.74, 6) is -1.18. The summed E-state index contributed by atoms with van der Waals surface area (Å²) in [5, 5.41) is 3.81. The van der Waals surface area contributed by atoms with Crippen LogP contribution in [0.1, 0.15) is 15.9 Å². The van der Waals surface area contributed by atoms with Crippen LogP contribution in [-0.4, -0.2) is 25.6 Å². The van der Waals surface area contributed by atoms with Crippen molar-refractivity contribution >= 4 is 28.3 Å². The quantitative estimate of drug-likeness (QED) is 0.690. The van der Waals surface area contributed by atoms with E-state index in [1.165, 1.54) is 12.1 Å². The van der Waals surface area contributed by atoms with Gasteiger partial charge >= 0.3 is 5.97 Å². The fourth-order valence-corrected chi connectivity index (χ4v) is 2.74. The molecule has 0 aliphatic rings. The van der Waals surface area contributed by atoms with Gasteiger partial charge in [0, 0.05) is 5.39 Å². The standard InChI is InChI=1S/C21H18FNO4/c1-13-7-9-18(17(22)11-13)23-20(24)12-27-21(25)16-8-10-19(26-2)15-6-4-3-5-14(15)16/h3-11H,12H2,1-2H3,(H,23,24). The van der Waals surface area contributed by atoms with Gasteiger partial charge in [0.15, 0.2) is 6.61 Å². The summed E-state index contributed by atoms with van der Waals surface area (Å²) < 4.78 is 24.2. The number of methoxy groups -OCH3 is 1. The molecule has 0 heterocycles. The zero-order valence-electron chi connectivity index (χ0n) is 14.9. The number of amides is 1. The summed E-state index contributed by atoms with van der Waals surface area (Å²) >= 11 is 0. The fourth-order valence-electron chi connectivity index (χ4n) is 2.74. The van der Waals surface area contributed by atoms with Crippen LogP contribution in [0.5, 0.6) is 5.75 Å². The van der Waals surface area contributed by atoms with E-state index in [0.29, 0.717) is 16.7 Å². The zero-order valence-corrected chi connectivity index (χ0v) is 14.9. The highest BCUT2D eigenvalue weighted by Crippen LogP contribution is 2.28. The third-order valence-electron chi connectivity index (χ3n) is 4.06. The molecular weight excluding hydrogens is 349 g/mol. The third-order valence-corrected chi connectivity index (χ3v) is 4.06. The Balaban J connectivity index is 1.71. The van der Waals surface area contributed by atoms with Crippen molar-refractivity contribution in [1.82, 2.24) is 0 Å². The van der Waals surface area contributed by atoms with Crippen LogP contribution in [0.2, 0.25) is 0 Å². The van der Waals surface area contributed by atoms with E-state index in [4.69, 9.17) is 9.47 Å². The molecule has 0 aliphatic heterocycles. The summed E-state index contributed by atoms with van der Waals surface area (Å²) in [6.07, 6.45) is 0. The molecule has 0 aromatic heterocycles. The molecule has 0 radical (unpaired) electrons. The molecule has 0 saturated heterocycles. The number of aryl methyl sites for hydroxylation is 1. The lowest BCUT2D eigenvalue weighted by atomic mass is 10.0. The molecule has 138 valence electrons. The number of rotatable bonds is 5. The molecule has 27 heavy (non-hydrogen) atoms. The number of hydrogen-bond acceptors (Lipinski definition) is 4. The molecule has 6 heteroatoms. The number of esters is 1. The molecule has 0 atom stereocenters. The van der Waals surface area contributed by atoms with Crippen molar-refractivity contribution in [2.45, 2.75) is 6.92 Å². The monoisotopic (exact) mass is 367 g/mol. The van der Waals surface area contributed by atoms with Crippen LogP contribution >= 0.6 is 0 Å². The topological polar surface area (TPSA) is 64.6 Å². The van der Waals surface area contributed by atoms with Crippen LogP contribution in [-0.2, 0) is 9.53 Å². The maximum atomic E-state index is 13.8. The largest absolute Gasteiger partial charge is 0.496 e. The third kappa shape index (κ3) is 4.06. The number of ether oxygens (including phenoxy) is 2. The van der Waals surface area contributed by atoms with Crippen LogP contribution in [0.3, 0.4) is 0 Å². The van der Waals surface area contributed by atoms with E-state index in [2.05, 4.69) is 5.32 Å². The number of halogens is 1. The number of anilines is 1. The highest BCUT2D eigenvalue weighted by atomic mass is 19.1. The Bertz CT molecular complexity index is 1020. The average molecular weight is 367 g/mol. The van der Waals surface area contributed by atoms with Crippen LogP contribution < -0.4 is 10.1 Å². The number of carbonyl (C=O) groups excluding carboxylic acids is 2. The molecule has 1 N–H and O–H groups in total. The van der Waals surface area contributed by atoms with Crippen LogP contribution in [0.15, 0.2) is 54.6 Å². The van der Waals surface area contributed by atoms with E-state index >= 15 is 0 Å². The van der Waals surface area contributed by atoms with Gasteiger partial charge in [0.2, 0.25) is 0 Å². The Morgan fingerprint density at radius 3 is 2.48 bits per heavy atom. The molecule has 0 bridgehead atoms. The van der Waals surface area contributed by atoms with Gasteiger partial charge in [0.05, 0.1) is 18.4 Å². The Morgan fingerprint density at radius 1 is 1.04 bits per heavy atom. The normalized spacial score (nSPS) is 10.5. The molecule has 3 aromatic rings. The number of fused-ring (bicyclic) bond motifs is 1. The first-order chi connectivity index (χ1) is 13.0. The predicted octanol–water partition coefficient (Wildman–Crippen LogP) is 4.09. The first kappa shape index (κ1) is 18.4. The highest BCUT2D eigenvalue weighted by molar-refractivity contribution is 6.07. The van der Waals surface area contributed by atoms with Gasteiger partial charge in [0.25, 0.3) is 5.91 Å². The van der Waals surface area contributed by atoms with E-state index in [-0.39, 0.29) is 5.69 Å². The zero-order chi connectivity index (χ0) is 19.4. The fraction of sp³-hybridized carbons (Fsp3) is 0.143. The summed E-state index contributed by atoms with van der Waals surface area (Å²) in [6.45, 7) is 1.22.